The lowest BCUT2D eigenvalue weighted by Gasteiger charge is -2.08. The maximum Gasteiger partial charge on any atom is 0.255 e. The second kappa shape index (κ2) is 5.31. The van der Waals surface area contributed by atoms with Crippen LogP contribution in [0.4, 0.5) is 11.5 Å². The summed E-state index contributed by atoms with van der Waals surface area (Å²) in [4.78, 5) is 16.0. The Bertz CT molecular complexity index is 549. The number of hydrogen-bond donors (Lipinski definition) is 2. The largest absolute Gasteiger partial charge is 0.384 e. The first-order valence-electron chi connectivity index (χ1n) is 5.81. The van der Waals surface area contributed by atoms with Gasteiger partial charge in [0.25, 0.3) is 5.91 Å². The number of carbonyl (C=O) groups is 1. The minimum Gasteiger partial charge on any atom is -0.384 e. The maximum absolute atomic E-state index is 12.1. The van der Waals surface area contributed by atoms with Crippen molar-refractivity contribution < 1.29 is 4.79 Å². The third-order valence-electron chi connectivity index (χ3n) is 2.69. The summed E-state index contributed by atoms with van der Waals surface area (Å²) in [5.74, 6) is 0.306. The molecule has 92 valence electrons. The van der Waals surface area contributed by atoms with Gasteiger partial charge in [0.1, 0.15) is 5.82 Å². The third kappa shape index (κ3) is 2.66. The fourth-order valence-corrected chi connectivity index (χ4v) is 1.73. The molecule has 1 amide bonds. The summed E-state index contributed by atoms with van der Waals surface area (Å²) >= 11 is 0. The Morgan fingerprint density at radius 1 is 1.28 bits per heavy atom. The van der Waals surface area contributed by atoms with Gasteiger partial charge in [-0.25, -0.2) is 4.98 Å². The Morgan fingerprint density at radius 2 is 2.06 bits per heavy atom. The van der Waals surface area contributed by atoms with E-state index < -0.39 is 0 Å². The molecule has 1 aromatic carbocycles. The van der Waals surface area contributed by atoms with E-state index in [0.29, 0.717) is 17.1 Å². The average molecular weight is 241 g/mol. The number of nitrogen functional groups attached to an aromatic ring is 1. The van der Waals surface area contributed by atoms with Gasteiger partial charge in [0, 0.05) is 5.56 Å². The number of hydrogen-bond acceptors (Lipinski definition) is 3. The Hall–Kier alpha value is -2.36. The first-order chi connectivity index (χ1) is 8.70. The van der Waals surface area contributed by atoms with Gasteiger partial charge in [-0.05, 0) is 30.2 Å². The van der Waals surface area contributed by atoms with Gasteiger partial charge in [0.2, 0.25) is 0 Å². The normalized spacial score (nSPS) is 10.1. The number of aryl methyl sites for hydroxylation is 1. The van der Waals surface area contributed by atoms with Gasteiger partial charge in [-0.3, -0.25) is 4.79 Å². The minimum absolute atomic E-state index is 0.126. The standard InChI is InChI=1S/C14H15N3O/c1-2-10-5-3-4-6-12(10)14(18)17-11-7-8-13(15)16-9-11/h3-9H,2H2,1H3,(H2,15,16)(H,17,18). The van der Waals surface area contributed by atoms with E-state index >= 15 is 0 Å². The van der Waals surface area contributed by atoms with E-state index in [4.69, 9.17) is 5.73 Å². The Balaban J connectivity index is 2.19. The highest BCUT2D eigenvalue weighted by Gasteiger charge is 2.09. The molecule has 18 heavy (non-hydrogen) atoms. The van der Waals surface area contributed by atoms with Gasteiger partial charge in [-0.15, -0.1) is 0 Å². The number of aromatic nitrogens is 1. The van der Waals surface area contributed by atoms with Gasteiger partial charge in [-0.1, -0.05) is 25.1 Å². The molecule has 0 fully saturated rings. The summed E-state index contributed by atoms with van der Waals surface area (Å²) in [6.45, 7) is 2.02. The number of carbonyl (C=O) groups excluding carboxylic acids is 1. The number of nitrogens with two attached hydrogens (primary N) is 1. The lowest BCUT2D eigenvalue weighted by atomic mass is 10.0. The zero-order valence-electron chi connectivity index (χ0n) is 10.2. The molecule has 4 nitrogen and oxygen atoms in total. The van der Waals surface area contributed by atoms with E-state index in [-0.39, 0.29) is 5.91 Å². The Morgan fingerprint density at radius 3 is 2.72 bits per heavy atom. The fourth-order valence-electron chi connectivity index (χ4n) is 1.73. The van der Waals surface area contributed by atoms with Crippen molar-refractivity contribution in [2.24, 2.45) is 0 Å². The molecule has 0 aliphatic rings. The molecule has 2 aromatic rings. The third-order valence-corrected chi connectivity index (χ3v) is 2.69. The first kappa shape index (κ1) is 12.1. The molecule has 0 atom stereocenters. The lowest BCUT2D eigenvalue weighted by Crippen LogP contribution is -2.14. The monoisotopic (exact) mass is 241 g/mol. The van der Waals surface area contributed by atoms with Crippen molar-refractivity contribution in [2.45, 2.75) is 13.3 Å². The number of amides is 1. The highest BCUT2D eigenvalue weighted by molar-refractivity contribution is 6.05. The summed E-state index contributed by atoms with van der Waals surface area (Å²) in [6, 6.07) is 10.9. The van der Waals surface area contributed by atoms with E-state index in [1.165, 1.54) is 0 Å². The van der Waals surface area contributed by atoms with E-state index in [2.05, 4.69) is 10.3 Å². The van der Waals surface area contributed by atoms with Gasteiger partial charge in [0.05, 0.1) is 11.9 Å². The summed E-state index contributed by atoms with van der Waals surface area (Å²) in [5, 5.41) is 2.80. The van der Waals surface area contributed by atoms with Crippen LogP contribution < -0.4 is 11.1 Å². The van der Waals surface area contributed by atoms with Crippen LogP contribution in [0.3, 0.4) is 0 Å². The second-order valence-corrected chi connectivity index (χ2v) is 3.94. The van der Waals surface area contributed by atoms with E-state index in [1.807, 2.05) is 31.2 Å². The SMILES string of the molecule is CCc1ccccc1C(=O)Nc1ccc(N)nc1. The minimum atomic E-state index is -0.126. The molecular formula is C14H15N3O. The summed E-state index contributed by atoms with van der Waals surface area (Å²) in [7, 11) is 0. The van der Waals surface area contributed by atoms with Gasteiger partial charge in [0.15, 0.2) is 0 Å². The van der Waals surface area contributed by atoms with Crippen molar-refractivity contribution in [1.82, 2.24) is 4.98 Å². The summed E-state index contributed by atoms with van der Waals surface area (Å²) in [5.41, 5.74) is 7.85. The van der Waals surface area contributed by atoms with Crippen molar-refractivity contribution >= 4 is 17.4 Å². The summed E-state index contributed by atoms with van der Waals surface area (Å²) in [6.07, 6.45) is 2.37. The molecule has 0 aliphatic carbocycles. The van der Waals surface area contributed by atoms with Gasteiger partial charge < -0.3 is 11.1 Å². The van der Waals surface area contributed by atoms with E-state index in [0.717, 1.165) is 12.0 Å². The molecule has 0 aliphatic heterocycles. The van der Waals surface area contributed by atoms with Gasteiger partial charge in [-0.2, -0.15) is 0 Å². The van der Waals surface area contributed by atoms with Crippen molar-refractivity contribution in [3.63, 3.8) is 0 Å². The van der Waals surface area contributed by atoms with Crippen LogP contribution in [0.5, 0.6) is 0 Å². The Labute approximate surface area is 106 Å². The Kier molecular flexibility index (Phi) is 3.57. The van der Waals surface area contributed by atoms with E-state index in [1.54, 1.807) is 18.3 Å². The molecule has 0 spiro atoms. The molecule has 0 saturated heterocycles. The zero-order valence-corrected chi connectivity index (χ0v) is 10.2. The molecule has 0 bridgehead atoms. The predicted molar refractivity (Wildman–Crippen MR) is 72.4 cm³/mol. The van der Waals surface area contributed by atoms with Crippen molar-refractivity contribution in [3.05, 3.63) is 53.7 Å². The van der Waals surface area contributed by atoms with Crippen LogP contribution in [0, 0.1) is 0 Å². The molecule has 0 unspecified atom stereocenters. The van der Waals surface area contributed by atoms with Crippen LogP contribution in [-0.2, 0) is 6.42 Å². The van der Waals surface area contributed by atoms with Crippen molar-refractivity contribution in [2.75, 3.05) is 11.1 Å². The zero-order chi connectivity index (χ0) is 13.0. The number of anilines is 2. The molecule has 2 rings (SSSR count). The molecule has 1 aromatic heterocycles. The fraction of sp³-hybridized carbons (Fsp3) is 0.143. The van der Waals surface area contributed by atoms with Crippen molar-refractivity contribution in [1.29, 1.82) is 0 Å². The highest BCUT2D eigenvalue weighted by Crippen LogP contribution is 2.13. The molecule has 0 radical (unpaired) electrons. The predicted octanol–water partition coefficient (Wildman–Crippen LogP) is 2.48. The average Bonchev–Trinajstić information content (AvgIpc) is 2.41. The molecular weight excluding hydrogens is 226 g/mol. The molecule has 0 saturated carbocycles. The topological polar surface area (TPSA) is 68.0 Å². The highest BCUT2D eigenvalue weighted by atomic mass is 16.1. The van der Waals surface area contributed by atoms with Crippen LogP contribution in [0.25, 0.3) is 0 Å². The number of rotatable bonds is 3. The van der Waals surface area contributed by atoms with Crippen LogP contribution >= 0.6 is 0 Å². The van der Waals surface area contributed by atoms with Crippen LogP contribution in [0.2, 0.25) is 0 Å². The summed E-state index contributed by atoms with van der Waals surface area (Å²) < 4.78 is 0. The number of nitrogens with one attached hydrogen (secondary N) is 1. The van der Waals surface area contributed by atoms with Crippen LogP contribution in [-0.4, -0.2) is 10.9 Å². The molecule has 4 heteroatoms. The quantitative estimate of drug-likeness (QED) is 0.867. The van der Waals surface area contributed by atoms with Gasteiger partial charge >= 0.3 is 0 Å². The van der Waals surface area contributed by atoms with Crippen molar-refractivity contribution in [3.8, 4) is 0 Å². The van der Waals surface area contributed by atoms with Crippen LogP contribution in [0.15, 0.2) is 42.6 Å². The number of nitrogens with zero attached hydrogens (tertiary/aromatic N) is 1. The first-order valence-corrected chi connectivity index (χ1v) is 5.81. The smallest absolute Gasteiger partial charge is 0.255 e. The maximum atomic E-state index is 12.1. The number of benzene rings is 1. The lowest BCUT2D eigenvalue weighted by molar-refractivity contribution is 0.102. The van der Waals surface area contributed by atoms with E-state index in [9.17, 15) is 4.79 Å². The second-order valence-electron chi connectivity index (χ2n) is 3.94. The molecule has 1 heterocycles. The number of pyridine rings is 1. The van der Waals surface area contributed by atoms with Crippen LogP contribution in [0.1, 0.15) is 22.8 Å². The molecule has 3 N–H and O–H groups in total.